The van der Waals surface area contributed by atoms with Gasteiger partial charge >= 0.3 is 0 Å². The van der Waals surface area contributed by atoms with Crippen molar-refractivity contribution in [2.75, 3.05) is 31.6 Å². The number of halogens is 1. The molecule has 2 aliphatic rings. The largest absolute Gasteiger partial charge is 0.486 e. The number of hydrogen-bond donors (Lipinski definition) is 2. The zero-order valence-electron chi connectivity index (χ0n) is 13.6. The van der Waals surface area contributed by atoms with Crippen molar-refractivity contribution in [3.05, 3.63) is 53.1 Å². The number of ether oxygens (including phenoxy) is 2. The Bertz CT molecular complexity index is 706. The summed E-state index contributed by atoms with van der Waals surface area (Å²) in [5.41, 5.74) is 5.41. The highest BCUT2D eigenvalue weighted by molar-refractivity contribution is 5.85. The molecular formula is C19H23ClN2O2. The Morgan fingerprint density at radius 1 is 1.04 bits per heavy atom. The lowest BCUT2D eigenvalue weighted by Crippen LogP contribution is -2.18. The van der Waals surface area contributed by atoms with Crippen LogP contribution in [-0.4, -0.2) is 26.3 Å². The summed E-state index contributed by atoms with van der Waals surface area (Å²) in [6.45, 7) is 4.19. The summed E-state index contributed by atoms with van der Waals surface area (Å²) in [4.78, 5) is 0. The minimum Gasteiger partial charge on any atom is -0.486 e. The molecule has 0 saturated carbocycles. The van der Waals surface area contributed by atoms with Gasteiger partial charge in [0.1, 0.15) is 13.2 Å². The highest BCUT2D eigenvalue weighted by atomic mass is 35.5. The smallest absolute Gasteiger partial charge is 0.161 e. The Balaban J connectivity index is 0.00000169. The Morgan fingerprint density at radius 2 is 1.92 bits per heavy atom. The summed E-state index contributed by atoms with van der Waals surface area (Å²) in [6.07, 6.45) is 2.12. The van der Waals surface area contributed by atoms with Crippen molar-refractivity contribution in [2.45, 2.75) is 19.4 Å². The number of hydrogen-bond acceptors (Lipinski definition) is 4. The van der Waals surface area contributed by atoms with Gasteiger partial charge in [0.05, 0.1) is 0 Å². The Morgan fingerprint density at radius 3 is 2.83 bits per heavy atom. The first-order valence-electron chi connectivity index (χ1n) is 8.34. The molecule has 0 amide bonds. The highest BCUT2D eigenvalue weighted by Crippen LogP contribution is 2.31. The molecule has 4 nitrogen and oxygen atoms in total. The molecule has 2 aliphatic heterocycles. The van der Waals surface area contributed by atoms with Gasteiger partial charge in [-0.15, -0.1) is 12.4 Å². The molecule has 4 rings (SSSR count). The van der Waals surface area contributed by atoms with Gasteiger partial charge < -0.3 is 20.1 Å². The van der Waals surface area contributed by atoms with Crippen molar-refractivity contribution >= 4 is 18.1 Å². The topological polar surface area (TPSA) is 42.5 Å². The summed E-state index contributed by atoms with van der Waals surface area (Å²) in [5, 5.41) is 7.04. The molecule has 0 bridgehead atoms. The van der Waals surface area contributed by atoms with Crippen LogP contribution in [0.1, 0.15) is 16.7 Å². The summed E-state index contributed by atoms with van der Waals surface area (Å²) in [6, 6.07) is 12.8. The van der Waals surface area contributed by atoms with Crippen LogP contribution in [0.25, 0.3) is 0 Å². The second kappa shape index (κ2) is 7.77. The fourth-order valence-corrected chi connectivity index (χ4v) is 3.26. The van der Waals surface area contributed by atoms with Gasteiger partial charge in [-0.2, -0.15) is 0 Å². The molecule has 5 heteroatoms. The molecule has 2 aromatic rings. The fraction of sp³-hybridized carbons (Fsp3) is 0.368. The zero-order chi connectivity index (χ0) is 15.5. The van der Waals surface area contributed by atoms with E-state index in [0.717, 1.165) is 44.0 Å². The van der Waals surface area contributed by atoms with Crippen LogP contribution in [0, 0.1) is 0 Å². The SMILES string of the molecule is Cl.c1cc2c(c(CNCCc3ccc4c(c3)OCCO4)c1)NCC2. The van der Waals surface area contributed by atoms with E-state index >= 15 is 0 Å². The van der Waals surface area contributed by atoms with E-state index in [1.807, 2.05) is 6.07 Å². The summed E-state index contributed by atoms with van der Waals surface area (Å²) in [7, 11) is 0. The van der Waals surface area contributed by atoms with E-state index in [-0.39, 0.29) is 12.4 Å². The molecule has 24 heavy (non-hydrogen) atoms. The van der Waals surface area contributed by atoms with E-state index in [2.05, 4.69) is 41.0 Å². The Kier molecular flexibility index (Phi) is 5.48. The lowest BCUT2D eigenvalue weighted by Gasteiger charge is -2.19. The van der Waals surface area contributed by atoms with Crippen LogP contribution < -0.4 is 20.1 Å². The van der Waals surface area contributed by atoms with Gasteiger partial charge in [-0.3, -0.25) is 0 Å². The maximum atomic E-state index is 5.64. The lowest BCUT2D eigenvalue weighted by molar-refractivity contribution is 0.171. The highest BCUT2D eigenvalue weighted by Gasteiger charge is 2.13. The van der Waals surface area contributed by atoms with Gasteiger partial charge in [0.2, 0.25) is 0 Å². The van der Waals surface area contributed by atoms with Crippen LogP contribution in [0.5, 0.6) is 11.5 Å². The normalized spacial score (nSPS) is 14.5. The minimum absolute atomic E-state index is 0. The first-order valence-corrected chi connectivity index (χ1v) is 8.34. The molecule has 128 valence electrons. The van der Waals surface area contributed by atoms with Crippen LogP contribution in [-0.2, 0) is 19.4 Å². The molecule has 2 heterocycles. The third-order valence-corrected chi connectivity index (χ3v) is 4.45. The second-order valence-electron chi connectivity index (χ2n) is 6.03. The van der Waals surface area contributed by atoms with Crippen LogP contribution in [0.15, 0.2) is 36.4 Å². The summed E-state index contributed by atoms with van der Waals surface area (Å²) in [5.74, 6) is 1.73. The second-order valence-corrected chi connectivity index (χ2v) is 6.03. The van der Waals surface area contributed by atoms with Crippen LogP contribution in [0.3, 0.4) is 0 Å². The predicted molar refractivity (Wildman–Crippen MR) is 98.7 cm³/mol. The number of para-hydroxylation sites is 1. The monoisotopic (exact) mass is 346 g/mol. The van der Waals surface area contributed by atoms with Gasteiger partial charge in [-0.05, 0) is 48.2 Å². The first kappa shape index (κ1) is 16.9. The molecule has 0 fully saturated rings. The third-order valence-electron chi connectivity index (χ3n) is 4.45. The number of nitrogens with one attached hydrogen (secondary N) is 2. The number of fused-ring (bicyclic) bond motifs is 2. The van der Waals surface area contributed by atoms with E-state index in [0.29, 0.717) is 13.2 Å². The van der Waals surface area contributed by atoms with Gasteiger partial charge in [0, 0.05) is 18.8 Å². The summed E-state index contributed by atoms with van der Waals surface area (Å²) < 4.78 is 11.2. The van der Waals surface area contributed by atoms with Crippen LogP contribution in [0.2, 0.25) is 0 Å². The van der Waals surface area contributed by atoms with Crippen LogP contribution >= 0.6 is 12.4 Å². The maximum Gasteiger partial charge on any atom is 0.161 e. The van der Waals surface area contributed by atoms with E-state index in [9.17, 15) is 0 Å². The average Bonchev–Trinajstić information content (AvgIpc) is 3.08. The van der Waals surface area contributed by atoms with Crippen LogP contribution in [0.4, 0.5) is 5.69 Å². The quantitative estimate of drug-likeness (QED) is 0.816. The molecule has 2 aromatic carbocycles. The van der Waals surface area contributed by atoms with Gasteiger partial charge in [-0.1, -0.05) is 24.3 Å². The van der Waals surface area contributed by atoms with Crippen molar-refractivity contribution in [1.29, 1.82) is 0 Å². The van der Waals surface area contributed by atoms with Gasteiger partial charge in [0.15, 0.2) is 11.5 Å². The molecule has 0 aromatic heterocycles. The Labute approximate surface area is 149 Å². The van der Waals surface area contributed by atoms with Crippen molar-refractivity contribution in [1.82, 2.24) is 5.32 Å². The number of rotatable bonds is 5. The fourth-order valence-electron chi connectivity index (χ4n) is 3.26. The lowest BCUT2D eigenvalue weighted by atomic mass is 10.1. The minimum atomic E-state index is 0. The molecule has 0 spiro atoms. The van der Waals surface area contributed by atoms with Gasteiger partial charge in [0.25, 0.3) is 0 Å². The molecule has 2 N–H and O–H groups in total. The van der Waals surface area contributed by atoms with Crippen molar-refractivity contribution in [3.8, 4) is 11.5 Å². The third kappa shape index (κ3) is 3.60. The molecule has 0 unspecified atom stereocenters. The van der Waals surface area contributed by atoms with Crippen molar-refractivity contribution < 1.29 is 9.47 Å². The maximum absolute atomic E-state index is 5.64. The van der Waals surface area contributed by atoms with E-state index in [1.165, 1.54) is 22.4 Å². The number of anilines is 1. The van der Waals surface area contributed by atoms with Crippen molar-refractivity contribution in [3.63, 3.8) is 0 Å². The van der Waals surface area contributed by atoms with Crippen molar-refractivity contribution in [2.24, 2.45) is 0 Å². The molecule has 0 radical (unpaired) electrons. The van der Waals surface area contributed by atoms with E-state index in [1.54, 1.807) is 0 Å². The molecule has 0 aliphatic carbocycles. The van der Waals surface area contributed by atoms with E-state index in [4.69, 9.17) is 9.47 Å². The average molecular weight is 347 g/mol. The molecule has 0 saturated heterocycles. The summed E-state index contributed by atoms with van der Waals surface area (Å²) >= 11 is 0. The zero-order valence-corrected chi connectivity index (χ0v) is 14.5. The number of benzene rings is 2. The van der Waals surface area contributed by atoms with E-state index < -0.39 is 0 Å². The predicted octanol–water partition coefficient (Wildman–Crippen LogP) is 3.18. The Hall–Kier alpha value is -1.91. The molecule has 0 atom stereocenters. The molecular weight excluding hydrogens is 324 g/mol. The standard InChI is InChI=1S/C19H22N2O2.ClH/c1-2-15-7-9-21-19(15)16(3-1)13-20-8-6-14-4-5-17-18(12-14)23-11-10-22-17;/h1-5,12,20-21H,6-11,13H2;1H. The van der Waals surface area contributed by atoms with Gasteiger partial charge in [-0.25, -0.2) is 0 Å². The first-order chi connectivity index (χ1) is 11.4.